The van der Waals surface area contributed by atoms with Crippen LogP contribution in [0, 0.1) is 5.82 Å². The van der Waals surface area contributed by atoms with Gasteiger partial charge in [0.2, 0.25) is 5.91 Å². The van der Waals surface area contributed by atoms with Gasteiger partial charge in [-0.1, -0.05) is 25.0 Å². The Labute approximate surface area is 124 Å². The molecule has 1 saturated heterocycles. The predicted octanol–water partition coefficient (Wildman–Crippen LogP) is 2.98. The quantitative estimate of drug-likeness (QED) is 0.926. The van der Waals surface area contributed by atoms with Gasteiger partial charge in [-0.15, -0.1) is 0 Å². The summed E-state index contributed by atoms with van der Waals surface area (Å²) in [5, 5.41) is 3.06. The van der Waals surface area contributed by atoms with Gasteiger partial charge in [0.25, 0.3) is 0 Å². The van der Waals surface area contributed by atoms with Crippen LogP contribution in [-0.2, 0) is 16.0 Å². The third-order valence-corrected chi connectivity index (χ3v) is 4.62. The van der Waals surface area contributed by atoms with E-state index in [0.717, 1.165) is 24.8 Å². The maximum Gasteiger partial charge on any atom is 0.220 e. The Kier molecular flexibility index (Phi) is 4.24. The number of nitrogens with one attached hydrogen (secondary N) is 1. The molecule has 0 bridgehead atoms. The van der Waals surface area contributed by atoms with E-state index in [0.29, 0.717) is 19.4 Å². The van der Waals surface area contributed by atoms with Gasteiger partial charge in [0.05, 0.1) is 18.2 Å². The third kappa shape index (κ3) is 3.62. The van der Waals surface area contributed by atoms with Crippen LogP contribution in [0.2, 0.25) is 0 Å². The summed E-state index contributed by atoms with van der Waals surface area (Å²) < 4.78 is 19.0. The SMILES string of the molecule is O=C(CCc1cccc(F)c1)NC1COC2(CCCC2)C1. The Morgan fingerprint density at radius 1 is 1.38 bits per heavy atom. The van der Waals surface area contributed by atoms with Crippen molar-refractivity contribution in [2.75, 3.05) is 6.61 Å². The molecule has 1 atom stereocenters. The zero-order valence-electron chi connectivity index (χ0n) is 12.2. The first-order valence-corrected chi connectivity index (χ1v) is 7.83. The fourth-order valence-electron chi connectivity index (χ4n) is 3.55. The lowest BCUT2D eigenvalue weighted by Crippen LogP contribution is -2.36. The van der Waals surface area contributed by atoms with Crippen LogP contribution in [0.3, 0.4) is 0 Å². The number of aryl methyl sites for hydroxylation is 1. The molecule has 21 heavy (non-hydrogen) atoms. The molecule has 2 aliphatic rings. The van der Waals surface area contributed by atoms with Crippen LogP contribution >= 0.6 is 0 Å². The average molecular weight is 291 g/mol. The molecule has 1 spiro atoms. The standard InChI is InChI=1S/C17H22FNO2/c18-14-5-3-4-13(10-14)6-7-16(20)19-15-11-17(21-12-15)8-1-2-9-17/h3-5,10,15H,1-2,6-9,11-12H2,(H,19,20). The number of hydrogen-bond acceptors (Lipinski definition) is 2. The van der Waals surface area contributed by atoms with Crippen molar-refractivity contribution in [2.24, 2.45) is 0 Å². The monoisotopic (exact) mass is 291 g/mol. The van der Waals surface area contributed by atoms with Gasteiger partial charge < -0.3 is 10.1 Å². The number of rotatable bonds is 4. The molecule has 2 fully saturated rings. The first kappa shape index (κ1) is 14.5. The van der Waals surface area contributed by atoms with Crippen LogP contribution in [0.5, 0.6) is 0 Å². The fourth-order valence-corrected chi connectivity index (χ4v) is 3.55. The average Bonchev–Trinajstić information content (AvgIpc) is 3.07. The molecule has 0 aromatic heterocycles. The van der Waals surface area contributed by atoms with Crippen molar-refractivity contribution in [1.29, 1.82) is 0 Å². The Morgan fingerprint density at radius 3 is 2.95 bits per heavy atom. The van der Waals surface area contributed by atoms with Gasteiger partial charge in [-0.05, 0) is 43.4 Å². The third-order valence-electron chi connectivity index (χ3n) is 4.62. The highest BCUT2D eigenvalue weighted by Gasteiger charge is 2.42. The number of carbonyl (C=O) groups is 1. The van der Waals surface area contributed by atoms with Crippen LogP contribution in [-0.4, -0.2) is 24.2 Å². The molecule has 1 aromatic rings. The molecule has 1 unspecified atom stereocenters. The van der Waals surface area contributed by atoms with Gasteiger partial charge in [-0.3, -0.25) is 4.79 Å². The van der Waals surface area contributed by atoms with E-state index >= 15 is 0 Å². The molecular formula is C17H22FNO2. The van der Waals surface area contributed by atoms with Gasteiger partial charge in [-0.25, -0.2) is 4.39 Å². The second-order valence-corrected chi connectivity index (χ2v) is 6.30. The minimum Gasteiger partial charge on any atom is -0.373 e. The summed E-state index contributed by atoms with van der Waals surface area (Å²) in [6.45, 7) is 0.631. The van der Waals surface area contributed by atoms with Gasteiger partial charge in [0, 0.05) is 6.42 Å². The largest absolute Gasteiger partial charge is 0.373 e. The normalized spacial score (nSPS) is 23.6. The number of benzene rings is 1. The zero-order chi connectivity index (χ0) is 14.7. The highest BCUT2D eigenvalue weighted by Crippen LogP contribution is 2.40. The van der Waals surface area contributed by atoms with E-state index < -0.39 is 0 Å². The minimum absolute atomic E-state index is 0.0305. The van der Waals surface area contributed by atoms with Gasteiger partial charge in [0.1, 0.15) is 5.82 Å². The van der Waals surface area contributed by atoms with Crippen molar-refractivity contribution < 1.29 is 13.9 Å². The summed E-state index contributed by atoms with van der Waals surface area (Å²) >= 11 is 0. The number of ether oxygens (including phenoxy) is 1. The van der Waals surface area contributed by atoms with Crippen molar-refractivity contribution in [3.05, 3.63) is 35.6 Å². The number of hydrogen-bond donors (Lipinski definition) is 1. The van der Waals surface area contributed by atoms with Gasteiger partial charge >= 0.3 is 0 Å². The molecule has 1 N–H and O–H groups in total. The second kappa shape index (κ2) is 6.14. The molecule has 4 heteroatoms. The Balaban J connectivity index is 1.44. The fraction of sp³-hybridized carbons (Fsp3) is 0.588. The number of amides is 1. The van der Waals surface area contributed by atoms with Crippen LogP contribution < -0.4 is 5.32 Å². The summed E-state index contributed by atoms with van der Waals surface area (Å²) in [5.41, 5.74) is 0.903. The summed E-state index contributed by atoms with van der Waals surface area (Å²) in [6, 6.07) is 6.57. The van der Waals surface area contributed by atoms with Crippen LogP contribution in [0.4, 0.5) is 4.39 Å². The molecule has 0 radical (unpaired) electrons. The smallest absolute Gasteiger partial charge is 0.220 e. The molecular weight excluding hydrogens is 269 g/mol. The van der Waals surface area contributed by atoms with Crippen LogP contribution in [0.25, 0.3) is 0 Å². The molecule has 1 aromatic carbocycles. The highest BCUT2D eigenvalue weighted by molar-refractivity contribution is 5.76. The van der Waals surface area contributed by atoms with Crippen molar-refractivity contribution in [2.45, 2.75) is 56.6 Å². The molecule has 1 aliphatic heterocycles. The summed E-state index contributed by atoms with van der Waals surface area (Å²) in [5.74, 6) is -0.219. The van der Waals surface area contributed by atoms with E-state index in [2.05, 4.69) is 5.32 Å². The van der Waals surface area contributed by atoms with E-state index in [9.17, 15) is 9.18 Å². The van der Waals surface area contributed by atoms with Crippen molar-refractivity contribution in [1.82, 2.24) is 5.32 Å². The van der Waals surface area contributed by atoms with Gasteiger partial charge in [0.15, 0.2) is 0 Å². The van der Waals surface area contributed by atoms with E-state index in [4.69, 9.17) is 4.74 Å². The second-order valence-electron chi connectivity index (χ2n) is 6.30. The van der Waals surface area contributed by atoms with Crippen molar-refractivity contribution >= 4 is 5.91 Å². The minimum atomic E-state index is -0.250. The van der Waals surface area contributed by atoms with Crippen molar-refractivity contribution in [3.63, 3.8) is 0 Å². The van der Waals surface area contributed by atoms with Gasteiger partial charge in [-0.2, -0.15) is 0 Å². The number of carbonyl (C=O) groups excluding carboxylic acids is 1. The lowest BCUT2D eigenvalue weighted by Gasteiger charge is -2.21. The van der Waals surface area contributed by atoms with E-state index in [1.807, 2.05) is 6.07 Å². The summed E-state index contributed by atoms with van der Waals surface area (Å²) in [7, 11) is 0. The lowest BCUT2D eigenvalue weighted by molar-refractivity contribution is -0.121. The molecule has 1 amide bonds. The highest BCUT2D eigenvalue weighted by atomic mass is 19.1. The van der Waals surface area contributed by atoms with Crippen LogP contribution in [0.15, 0.2) is 24.3 Å². The van der Waals surface area contributed by atoms with E-state index in [-0.39, 0.29) is 23.4 Å². The lowest BCUT2D eigenvalue weighted by atomic mass is 9.96. The summed E-state index contributed by atoms with van der Waals surface area (Å²) in [6.07, 6.45) is 6.64. The first-order chi connectivity index (χ1) is 10.2. The first-order valence-electron chi connectivity index (χ1n) is 7.83. The molecule has 3 nitrogen and oxygen atoms in total. The Morgan fingerprint density at radius 2 is 2.19 bits per heavy atom. The molecule has 114 valence electrons. The maximum absolute atomic E-state index is 13.1. The zero-order valence-corrected chi connectivity index (χ0v) is 12.2. The molecule has 1 saturated carbocycles. The predicted molar refractivity (Wildman–Crippen MR) is 78.4 cm³/mol. The van der Waals surface area contributed by atoms with E-state index in [1.165, 1.54) is 25.0 Å². The molecule has 1 aliphatic carbocycles. The Hall–Kier alpha value is -1.42. The maximum atomic E-state index is 13.1. The molecule has 1 heterocycles. The van der Waals surface area contributed by atoms with E-state index in [1.54, 1.807) is 6.07 Å². The summed E-state index contributed by atoms with van der Waals surface area (Å²) in [4.78, 5) is 12.0. The Bertz CT molecular complexity index is 511. The number of halogens is 1. The topological polar surface area (TPSA) is 38.3 Å². The van der Waals surface area contributed by atoms with Crippen molar-refractivity contribution in [3.8, 4) is 0 Å². The van der Waals surface area contributed by atoms with Crippen LogP contribution in [0.1, 0.15) is 44.1 Å². The molecule has 3 rings (SSSR count).